The van der Waals surface area contributed by atoms with Crippen molar-refractivity contribution in [1.29, 1.82) is 0 Å². The number of carbonyl (C=O) groups is 2. The number of rotatable bonds is 5. The Hall–Kier alpha value is -3.34. The van der Waals surface area contributed by atoms with Crippen LogP contribution in [0.5, 0.6) is 0 Å². The fourth-order valence-electron chi connectivity index (χ4n) is 2.69. The fraction of sp³-hybridized carbons (Fsp3) is 0.0909. The summed E-state index contributed by atoms with van der Waals surface area (Å²) in [6.45, 7) is 1.66. The smallest absolute Gasteiger partial charge is 0.231 e. The first-order chi connectivity index (χ1) is 13.0. The topological polar surface area (TPSA) is 46.2 Å². The van der Waals surface area contributed by atoms with E-state index in [-0.39, 0.29) is 11.5 Å². The van der Waals surface area contributed by atoms with Crippen LogP contribution in [-0.2, 0) is 4.79 Å². The molecule has 0 saturated heterocycles. The van der Waals surface area contributed by atoms with Gasteiger partial charge in [-0.1, -0.05) is 48.5 Å². The molecule has 0 aliphatic heterocycles. The molecule has 0 aliphatic rings. The van der Waals surface area contributed by atoms with Crippen LogP contribution in [-0.4, -0.2) is 11.7 Å². The molecule has 3 nitrogen and oxygen atoms in total. The molecule has 0 heterocycles. The molecule has 3 rings (SSSR count). The Morgan fingerprint density at radius 1 is 0.852 bits per heavy atom. The Bertz CT molecular complexity index is 987. The van der Waals surface area contributed by atoms with Crippen LogP contribution in [0.2, 0.25) is 0 Å². The molecule has 0 radical (unpaired) electrons. The highest BCUT2D eigenvalue weighted by atomic mass is 19.1. The van der Waals surface area contributed by atoms with Crippen molar-refractivity contribution in [2.75, 3.05) is 5.32 Å². The number of halogens is 2. The molecule has 1 N–H and O–H groups in total. The second-order valence-electron chi connectivity index (χ2n) is 6.16. The van der Waals surface area contributed by atoms with Gasteiger partial charge in [0.2, 0.25) is 5.91 Å². The molecule has 3 aromatic carbocycles. The molecular formula is C22H17F2NO2. The van der Waals surface area contributed by atoms with Crippen LogP contribution in [0.1, 0.15) is 34.3 Å². The van der Waals surface area contributed by atoms with Crippen molar-refractivity contribution in [2.45, 2.75) is 12.8 Å². The molecule has 0 aromatic heterocycles. The maximum Gasteiger partial charge on any atom is 0.231 e. The maximum atomic E-state index is 13.7. The van der Waals surface area contributed by atoms with Crippen LogP contribution in [0.3, 0.4) is 0 Å². The number of hydrogen-bond acceptors (Lipinski definition) is 2. The van der Waals surface area contributed by atoms with Crippen molar-refractivity contribution in [1.82, 2.24) is 0 Å². The average Bonchev–Trinajstić information content (AvgIpc) is 2.69. The summed E-state index contributed by atoms with van der Waals surface area (Å²) in [6.07, 6.45) is 0. The Labute approximate surface area is 155 Å². The lowest BCUT2D eigenvalue weighted by Gasteiger charge is -2.14. The van der Waals surface area contributed by atoms with Gasteiger partial charge in [0.15, 0.2) is 5.78 Å². The van der Waals surface area contributed by atoms with Gasteiger partial charge >= 0.3 is 0 Å². The third kappa shape index (κ3) is 4.26. The summed E-state index contributed by atoms with van der Waals surface area (Å²) in [5.74, 6) is -2.79. The largest absolute Gasteiger partial charge is 0.323 e. The summed E-state index contributed by atoms with van der Waals surface area (Å²) in [5, 5.41) is 2.45. The molecule has 3 aromatic rings. The van der Waals surface area contributed by atoms with Crippen molar-refractivity contribution in [2.24, 2.45) is 0 Å². The van der Waals surface area contributed by atoms with Crippen LogP contribution in [0.4, 0.5) is 14.5 Å². The van der Waals surface area contributed by atoms with Gasteiger partial charge < -0.3 is 5.32 Å². The third-order valence-corrected chi connectivity index (χ3v) is 4.27. The minimum atomic E-state index is -0.844. The molecule has 0 aliphatic carbocycles. The van der Waals surface area contributed by atoms with Gasteiger partial charge in [0, 0.05) is 17.2 Å². The van der Waals surface area contributed by atoms with Crippen LogP contribution >= 0.6 is 0 Å². The number of carbonyl (C=O) groups excluding carboxylic acids is 2. The van der Waals surface area contributed by atoms with E-state index in [1.54, 1.807) is 55.5 Å². The molecule has 0 unspecified atom stereocenters. The van der Waals surface area contributed by atoms with E-state index in [1.165, 1.54) is 6.07 Å². The Morgan fingerprint density at radius 2 is 1.56 bits per heavy atom. The number of hydrogen-bond donors (Lipinski definition) is 1. The highest BCUT2D eigenvalue weighted by Gasteiger charge is 2.19. The normalized spacial score (nSPS) is 11.7. The monoisotopic (exact) mass is 365 g/mol. The van der Waals surface area contributed by atoms with Crippen molar-refractivity contribution in [3.8, 4) is 0 Å². The highest BCUT2D eigenvalue weighted by molar-refractivity contribution is 6.09. The number of benzene rings is 3. The van der Waals surface area contributed by atoms with Gasteiger partial charge in [-0.3, -0.25) is 9.59 Å². The molecule has 0 bridgehead atoms. The SMILES string of the molecule is C[C@@H](C(=O)Nc1ccc(F)cc1F)c1cccc(C(=O)c2ccccc2)c1. The second kappa shape index (κ2) is 7.91. The minimum Gasteiger partial charge on any atom is -0.323 e. The van der Waals surface area contributed by atoms with Crippen molar-refractivity contribution in [3.05, 3.63) is 101 Å². The predicted octanol–water partition coefficient (Wildman–Crippen LogP) is 4.94. The van der Waals surface area contributed by atoms with E-state index in [1.807, 2.05) is 6.07 Å². The Kier molecular flexibility index (Phi) is 5.41. The van der Waals surface area contributed by atoms with Crippen LogP contribution in [0.25, 0.3) is 0 Å². The van der Waals surface area contributed by atoms with Crippen molar-refractivity contribution < 1.29 is 18.4 Å². The van der Waals surface area contributed by atoms with Gasteiger partial charge in [-0.05, 0) is 30.7 Å². The number of ketones is 1. The van der Waals surface area contributed by atoms with E-state index in [2.05, 4.69) is 5.32 Å². The summed E-state index contributed by atoms with van der Waals surface area (Å²) < 4.78 is 26.7. The minimum absolute atomic E-state index is 0.0928. The van der Waals surface area contributed by atoms with E-state index >= 15 is 0 Å². The third-order valence-electron chi connectivity index (χ3n) is 4.27. The average molecular weight is 365 g/mol. The fourth-order valence-corrected chi connectivity index (χ4v) is 2.69. The Balaban J connectivity index is 1.79. The summed E-state index contributed by atoms with van der Waals surface area (Å²) in [6, 6.07) is 18.6. The first-order valence-corrected chi connectivity index (χ1v) is 8.41. The van der Waals surface area contributed by atoms with Crippen LogP contribution in [0.15, 0.2) is 72.8 Å². The zero-order valence-electron chi connectivity index (χ0n) is 14.6. The lowest BCUT2D eigenvalue weighted by atomic mass is 9.95. The molecule has 0 saturated carbocycles. The van der Waals surface area contributed by atoms with E-state index in [0.717, 1.165) is 6.07 Å². The van der Waals surface area contributed by atoms with Crippen molar-refractivity contribution in [3.63, 3.8) is 0 Å². The Morgan fingerprint density at radius 3 is 2.26 bits per heavy atom. The van der Waals surface area contributed by atoms with E-state index < -0.39 is 23.5 Å². The molecule has 1 amide bonds. The molecule has 0 spiro atoms. The molecular weight excluding hydrogens is 348 g/mol. The summed E-state index contributed by atoms with van der Waals surface area (Å²) in [4.78, 5) is 25.0. The summed E-state index contributed by atoms with van der Waals surface area (Å²) in [7, 11) is 0. The summed E-state index contributed by atoms with van der Waals surface area (Å²) in [5.41, 5.74) is 1.55. The molecule has 5 heteroatoms. The lowest BCUT2D eigenvalue weighted by Crippen LogP contribution is -2.20. The number of anilines is 1. The first kappa shape index (κ1) is 18.5. The van der Waals surface area contributed by atoms with Gasteiger partial charge in [0.25, 0.3) is 0 Å². The van der Waals surface area contributed by atoms with Gasteiger partial charge in [-0.15, -0.1) is 0 Å². The van der Waals surface area contributed by atoms with E-state index in [9.17, 15) is 18.4 Å². The van der Waals surface area contributed by atoms with Gasteiger partial charge in [-0.2, -0.15) is 0 Å². The lowest BCUT2D eigenvalue weighted by molar-refractivity contribution is -0.117. The zero-order valence-corrected chi connectivity index (χ0v) is 14.6. The molecule has 1 atom stereocenters. The quantitative estimate of drug-likeness (QED) is 0.651. The molecule has 136 valence electrons. The number of amides is 1. The van der Waals surface area contributed by atoms with E-state index in [4.69, 9.17) is 0 Å². The molecule has 0 fully saturated rings. The highest BCUT2D eigenvalue weighted by Crippen LogP contribution is 2.22. The molecule has 27 heavy (non-hydrogen) atoms. The predicted molar refractivity (Wildman–Crippen MR) is 99.7 cm³/mol. The van der Waals surface area contributed by atoms with Crippen LogP contribution in [0, 0.1) is 11.6 Å². The second-order valence-corrected chi connectivity index (χ2v) is 6.16. The zero-order chi connectivity index (χ0) is 19.4. The number of nitrogens with one attached hydrogen (secondary N) is 1. The van der Waals surface area contributed by atoms with E-state index in [0.29, 0.717) is 22.8 Å². The standard InChI is InChI=1S/C22H17F2NO2/c1-14(22(27)25-20-11-10-18(23)13-19(20)24)16-8-5-9-17(12-16)21(26)15-6-3-2-4-7-15/h2-14H,1H3,(H,25,27)/t14-/m1/s1. The summed E-state index contributed by atoms with van der Waals surface area (Å²) >= 11 is 0. The van der Waals surface area contributed by atoms with Gasteiger partial charge in [-0.25, -0.2) is 8.78 Å². The van der Waals surface area contributed by atoms with Gasteiger partial charge in [0.05, 0.1) is 11.6 Å². The van der Waals surface area contributed by atoms with Crippen LogP contribution < -0.4 is 5.32 Å². The van der Waals surface area contributed by atoms with Gasteiger partial charge in [0.1, 0.15) is 11.6 Å². The maximum absolute atomic E-state index is 13.7. The van der Waals surface area contributed by atoms with Crippen molar-refractivity contribution >= 4 is 17.4 Å². The first-order valence-electron chi connectivity index (χ1n) is 8.41.